The number of rotatable bonds is 5. The van der Waals surface area contributed by atoms with Crippen LogP contribution >= 0.6 is 0 Å². The van der Waals surface area contributed by atoms with E-state index < -0.39 is 12.0 Å². The van der Waals surface area contributed by atoms with Crippen LogP contribution in [-0.4, -0.2) is 66.0 Å². The molecule has 3 amide bonds. The van der Waals surface area contributed by atoms with Crippen molar-refractivity contribution in [3.05, 3.63) is 0 Å². The van der Waals surface area contributed by atoms with Crippen LogP contribution in [0.5, 0.6) is 0 Å². The van der Waals surface area contributed by atoms with Gasteiger partial charge in [0.15, 0.2) is 0 Å². The van der Waals surface area contributed by atoms with Crippen LogP contribution < -0.4 is 5.32 Å². The third-order valence-corrected chi connectivity index (χ3v) is 2.86. The average molecular weight is 257 g/mol. The van der Waals surface area contributed by atoms with E-state index in [2.05, 4.69) is 5.32 Å². The largest absolute Gasteiger partial charge is 0.481 e. The quantitative estimate of drug-likeness (QED) is 0.709. The van der Waals surface area contributed by atoms with Gasteiger partial charge in [0.1, 0.15) is 0 Å². The molecule has 0 spiro atoms. The number of carbonyl (C=O) groups is 3. The minimum absolute atomic E-state index is 0.0315. The lowest BCUT2D eigenvalue weighted by atomic mass is 10.4. The summed E-state index contributed by atoms with van der Waals surface area (Å²) in [7, 11) is 1.50. The van der Waals surface area contributed by atoms with Crippen molar-refractivity contribution in [2.45, 2.75) is 19.3 Å². The number of nitrogens with one attached hydrogen (secondary N) is 1. The number of hydrogen-bond donors (Lipinski definition) is 2. The minimum atomic E-state index is -0.956. The Kier molecular flexibility index (Phi) is 5.41. The van der Waals surface area contributed by atoms with Crippen molar-refractivity contribution < 1.29 is 19.5 Å². The summed E-state index contributed by atoms with van der Waals surface area (Å²) < 4.78 is 0. The monoisotopic (exact) mass is 257 g/mol. The fraction of sp³-hybridized carbons (Fsp3) is 0.727. The lowest BCUT2D eigenvalue weighted by Gasteiger charge is -2.19. The summed E-state index contributed by atoms with van der Waals surface area (Å²) in [5, 5.41) is 11.0. The van der Waals surface area contributed by atoms with Crippen LogP contribution in [0.3, 0.4) is 0 Å². The molecule has 2 N–H and O–H groups in total. The summed E-state index contributed by atoms with van der Waals surface area (Å²) in [4.78, 5) is 36.5. The van der Waals surface area contributed by atoms with E-state index in [1.54, 1.807) is 4.90 Å². The van der Waals surface area contributed by atoms with E-state index >= 15 is 0 Å². The van der Waals surface area contributed by atoms with Crippen molar-refractivity contribution >= 4 is 17.9 Å². The molecule has 1 aliphatic rings. The zero-order valence-corrected chi connectivity index (χ0v) is 10.5. The zero-order chi connectivity index (χ0) is 13.5. The summed E-state index contributed by atoms with van der Waals surface area (Å²) in [6, 6.07) is -0.427. The molecule has 102 valence electrons. The second-order valence-electron chi connectivity index (χ2n) is 4.31. The molecule has 1 aliphatic heterocycles. The fourth-order valence-electron chi connectivity index (χ4n) is 1.73. The maximum atomic E-state index is 11.6. The van der Waals surface area contributed by atoms with Crippen LogP contribution in [-0.2, 0) is 9.59 Å². The highest BCUT2D eigenvalue weighted by Crippen LogP contribution is 2.06. The molecule has 0 aliphatic carbocycles. The van der Waals surface area contributed by atoms with Crippen molar-refractivity contribution in [1.82, 2.24) is 15.1 Å². The first-order valence-corrected chi connectivity index (χ1v) is 5.99. The second-order valence-corrected chi connectivity index (χ2v) is 4.31. The molecule has 1 saturated heterocycles. The second kappa shape index (κ2) is 6.83. The molecule has 0 saturated carbocycles. The molecule has 0 aromatic carbocycles. The zero-order valence-electron chi connectivity index (χ0n) is 10.5. The van der Waals surface area contributed by atoms with Gasteiger partial charge in [0.2, 0.25) is 5.91 Å². The molecule has 7 heteroatoms. The van der Waals surface area contributed by atoms with E-state index in [0.29, 0.717) is 0 Å². The van der Waals surface area contributed by atoms with Gasteiger partial charge in [-0.25, -0.2) is 4.79 Å². The van der Waals surface area contributed by atoms with Crippen molar-refractivity contribution in [2.24, 2.45) is 0 Å². The first-order chi connectivity index (χ1) is 8.50. The molecular weight excluding hydrogens is 238 g/mol. The van der Waals surface area contributed by atoms with Gasteiger partial charge >= 0.3 is 12.0 Å². The fourth-order valence-corrected chi connectivity index (χ4v) is 1.73. The maximum absolute atomic E-state index is 11.6. The van der Waals surface area contributed by atoms with Crippen molar-refractivity contribution in [3.8, 4) is 0 Å². The molecule has 1 fully saturated rings. The Hall–Kier alpha value is -1.79. The molecule has 1 rings (SSSR count). The van der Waals surface area contributed by atoms with Crippen LogP contribution in [0.25, 0.3) is 0 Å². The molecule has 1 heterocycles. The van der Waals surface area contributed by atoms with E-state index in [9.17, 15) is 14.4 Å². The molecule has 7 nitrogen and oxygen atoms in total. The number of carbonyl (C=O) groups excluding carboxylic acids is 2. The Morgan fingerprint density at radius 3 is 2.44 bits per heavy atom. The van der Waals surface area contributed by atoms with E-state index in [0.717, 1.165) is 25.9 Å². The number of carboxylic acids is 1. The van der Waals surface area contributed by atoms with Gasteiger partial charge in [0, 0.05) is 26.7 Å². The van der Waals surface area contributed by atoms with Crippen LogP contribution in [0.1, 0.15) is 19.3 Å². The molecule has 0 aromatic heterocycles. The highest BCUT2D eigenvalue weighted by molar-refractivity contribution is 5.84. The standard InChI is InChI=1S/C11H19N3O4/c1-13(7-4-10(16)17)11(18)12-8-9(15)14-5-2-3-6-14/h2-8H2,1H3,(H,12,18)(H,16,17). The first-order valence-electron chi connectivity index (χ1n) is 5.99. The minimum Gasteiger partial charge on any atom is -0.481 e. The van der Waals surface area contributed by atoms with E-state index in [4.69, 9.17) is 5.11 Å². The topological polar surface area (TPSA) is 90.0 Å². The van der Waals surface area contributed by atoms with Gasteiger partial charge in [-0.3, -0.25) is 9.59 Å². The Labute approximate surface area is 106 Å². The summed E-state index contributed by atoms with van der Waals surface area (Å²) in [5.41, 5.74) is 0. The van der Waals surface area contributed by atoms with Crippen molar-refractivity contribution in [3.63, 3.8) is 0 Å². The number of amides is 3. The number of nitrogens with zero attached hydrogens (tertiary/aromatic N) is 2. The summed E-state index contributed by atoms with van der Waals surface area (Å²) >= 11 is 0. The van der Waals surface area contributed by atoms with Crippen molar-refractivity contribution in [1.29, 1.82) is 0 Å². The number of carboxylic acid groups (broad SMARTS) is 1. The van der Waals surface area contributed by atoms with Crippen LogP contribution in [0.2, 0.25) is 0 Å². The predicted molar refractivity (Wildman–Crippen MR) is 64.1 cm³/mol. The molecular formula is C11H19N3O4. The highest BCUT2D eigenvalue weighted by Gasteiger charge is 2.19. The third kappa shape index (κ3) is 4.60. The van der Waals surface area contributed by atoms with Crippen LogP contribution in [0.4, 0.5) is 4.79 Å². The molecule has 0 bridgehead atoms. The van der Waals surface area contributed by atoms with Gasteiger partial charge in [0.25, 0.3) is 0 Å². The number of urea groups is 1. The Morgan fingerprint density at radius 2 is 1.89 bits per heavy atom. The van der Waals surface area contributed by atoms with Gasteiger partial charge in [0.05, 0.1) is 13.0 Å². The van der Waals surface area contributed by atoms with E-state index in [1.165, 1.54) is 11.9 Å². The van der Waals surface area contributed by atoms with Gasteiger partial charge in [-0.15, -0.1) is 0 Å². The molecule has 0 atom stereocenters. The summed E-state index contributed by atoms with van der Waals surface area (Å²) in [6.07, 6.45) is 1.92. The Morgan fingerprint density at radius 1 is 1.28 bits per heavy atom. The smallest absolute Gasteiger partial charge is 0.317 e. The third-order valence-electron chi connectivity index (χ3n) is 2.86. The maximum Gasteiger partial charge on any atom is 0.317 e. The molecule has 0 aromatic rings. The van der Waals surface area contributed by atoms with Gasteiger partial charge in [-0.2, -0.15) is 0 Å². The van der Waals surface area contributed by atoms with E-state index in [-0.39, 0.29) is 25.4 Å². The lowest BCUT2D eigenvalue weighted by Crippen LogP contribution is -2.44. The van der Waals surface area contributed by atoms with Crippen LogP contribution in [0, 0.1) is 0 Å². The lowest BCUT2D eigenvalue weighted by molar-refractivity contribution is -0.137. The molecule has 0 radical (unpaired) electrons. The van der Waals surface area contributed by atoms with Gasteiger partial charge in [-0.05, 0) is 12.8 Å². The van der Waals surface area contributed by atoms with Crippen LogP contribution in [0.15, 0.2) is 0 Å². The van der Waals surface area contributed by atoms with Gasteiger partial charge < -0.3 is 20.2 Å². The predicted octanol–water partition coefficient (Wildman–Crippen LogP) is -0.275. The number of hydrogen-bond acceptors (Lipinski definition) is 3. The first kappa shape index (κ1) is 14.3. The van der Waals surface area contributed by atoms with E-state index in [1.807, 2.05) is 0 Å². The average Bonchev–Trinajstić information content (AvgIpc) is 2.86. The van der Waals surface area contributed by atoms with Crippen molar-refractivity contribution in [2.75, 3.05) is 33.2 Å². The Balaban J connectivity index is 2.22. The Bertz CT molecular complexity index is 326. The number of aliphatic carboxylic acids is 1. The summed E-state index contributed by atoms with van der Waals surface area (Å²) in [6.45, 7) is 1.60. The highest BCUT2D eigenvalue weighted by atomic mass is 16.4. The van der Waals surface area contributed by atoms with Gasteiger partial charge in [-0.1, -0.05) is 0 Å². The molecule has 0 unspecified atom stereocenters. The number of likely N-dealkylation sites (tertiary alicyclic amines) is 1. The molecule has 18 heavy (non-hydrogen) atoms. The normalized spacial score (nSPS) is 14.4. The summed E-state index contributed by atoms with van der Waals surface area (Å²) in [5.74, 6) is -1.05. The SMILES string of the molecule is CN(CCC(=O)O)C(=O)NCC(=O)N1CCCC1.